The summed E-state index contributed by atoms with van der Waals surface area (Å²) < 4.78 is 25.1. The van der Waals surface area contributed by atoms with Crippen LogP contribution >= 0.6 is 22.6 Å². The molecule has 0 aliphatic rings. The van der Waals surface area contributed by atoms with Gasteiger partial charge in [0.05, 0.1) is 0 Å². The molecule has 14 heavy (non-hydrogen) atoms. The lowest BCUT2D eigenvalue weighted by Crippen LogP contribution is -2.16. The number of aromatic nitrogens is 1. The average Bonchev–Trinajstić information content (AvgIpc) is 2.08. The van der Waals surface area contributed by atoms with Crippen molar-refractivity contribution in [2.75, 3.05) is 0 Å². The smallest absolute Gasteiger partial charge is 0.267 e. The number of amides is 1. The van der Waals surface area contributed by atoms with Gasteiger partial charge in [0.25, 0.3) is 12.3 Å². The molecule has 0 unspecified atom stereocenters. The lowest BCUT2D eigenvalue weighted by molar-refractivity contribution is 0.0994. The van der Waals surface area contributed by atoms with Gasteiger partial charge in [-0.3, -0.25) is 9.78 Å². The van der Waals surface area contributed by atoms with Gasteiger partial charge in [-0.05, 0) is 35.1 Å². The summed E-state index contributed by atoms with van der Waals surface area (Å²) in [4.78, 5) is 14.4. The van der Waals surface area contributed by atoms with Gasteiger partial charge >= 0.3 is 0 Å². The van der Waals surface area contributed by atoms with E-state index in [9.17, 15) is 13.6 Å². The van der Waals surface area contributed by atoms with Crippen molar-refractivity contribution >= 4 is 28.5 Å². The fraction of sp³-hybridized carbons (Fsp3) is 0.250. The van der Waals surface area contributed by atoms with Crippen LogP contribution in [0.1, 0.15) is 28.0 Å². The normalized spacial score (nSPS) is 10.6. The molecule has 1 aromatic heterocycles. The van der Waals surface area contributed by atoms with Crippen molar-refractivity contribution in [2.45, 2.75) is 13.3 Å². The lowest BCUT2D eigenvalue weighted by Gasteiger charge is -2.08. The summed E-state index contributed by atoms with van der Waals surface area (Å²) in [6, 6.07) is 0. The van der Waals surface area contributed by atoms with Crippen LogP contribution in [0.3, 0.4) is 0 Å². The summed E-state index contributed by atoms with van der Waals surface area (Å²) in [6.45, 7) is 1.54. The number of rotatable bonds is 2. The molecule has 0 radical (unpaired) electrons. The lowest BCUT2D eigenvalue weighted by atomic mass is 10.1. The van der Waals surface area contributed by atoms with Crippen molar-refractivity contribution in [3.05, 3.63) is 26.6 Å². The Bertz CT molecular complexity index is 382. The minimum Gasteiger partial charge on any atom is -0.364 e. The Kier molecular flexibility index (Phi) is 3.35. The average molecular weight is 312 g/mol. The van der Waals surface area contributed by atoms with Gasteiger partial charge in [0.2, 0.25) is 0 Å². The molecule has 0 saturated heterocycles. The summed E-state index contributed by atoms with van der Waals surface area (Å²) >= 11 is 1.75. The van der Waals surface area contributed by atoms with Crippen LogP contribution in [0.4, 0.5) is 8.78 Å². The third kappa shape index (κ3) is 1.99. The highest BCUT2D eigenvalue weighted by Gasteiger charge is 2.18. The molecule has 0 saturated carbocycles. The van der Waals surface area contributed by atoms with Crippen LogP contribution in [0.5, 0.6) is 0 Å². The molecular weight excluding hydrogens is 305 g/mol. The maximum absolute atomic E-state index is 12.4. The maximum atomic E-state index is 12.4. The van der Waals surface area contributed by atoms with Gasteiger partial charge in [0, 0.05) is 15.3 Å². The molecule has 0 fully saturated rings. The number of nitrogens with zero attached hydrogens (tertiary/aromatic N) is 1. The molecule has 76 valence electrons. The Morgan fingerprint density at radius 2 is 2.21 bits per heavy atom. The van der Waals surface area contributed by atoms with Gasteiger partial charge < -0.3 is 5.73 Å². The van der Waals surface area contributed by atoms with Gasteiger partial charge in [-0.15, -0.1) is 0 Å². The molecule has 1 aromatic rings. The van der Waals surface area contributed by atoms with Crippen molar-refractivity contribution in [3.63, 3.8) is 0 Å². The van der Waals surface area contributed by atoms with Gasteiger partial charge in [-0.25, -0.2) is 8.78 Å². The van der Waals surface area contributed by atoms with Crippen molar-refractivity contribution in [2.24, 2.45) is 5.73 Å². The molecule has 1 rings (SSSR count). The predicted octanol–water partition coefficient (Wildman–Crippen LogP) is 2.03. The minimum absolute atomic E-state index is 0.0406. The maximum Gasteiger partial charge on any atom is 0.267 e. The molecule has 0 aliphatic heterocycles. The number of hydrogen-bond acceptors (Lipinski definition) is 2. The van der Waals surface area contributed by atoms with E-state index >= 15 is 0 Å². The number of hydrogen-bond donors (Lipinski definition) is 1. The summed E-state index contributed by atoms with van der Waals surface area (Å²) in [5.41, 5.74) is 5.28. The third-order valence-corrected chi connectivity index (χ3v) is 3.17. The quantitative estimate of drug-likeness (QED) is 0.850. The second-order valence-corrected chi connectivity index (χ2v) is 3.74. The largest absolute Gasteiger partial charge is 0.364 e. The van der Waals surface area contributed by atoms with Crippen LogP contribution in [0.25, 0.3) is 0 Å². The van der Waals surface area contributed by atoms with Crippen LogP contribution < -0.4 is 5.73 Å². The number of halogens is 3. The summed E-state index contributed by atoms with van der Waals surface area (Å²) in [7, 11) is 0. The van der Waals surface area contributed by atoms with Crippen LogP contribution in [-0.4, -0.2) is 10.9 Å². The highest BCUT2D eigenvalue weighted by molar-refractivity contribution is 14.1. The van der Waals surface area contributed by atoms with E-state index < -0.39 is 12.3 Å². The van der Waals surface area contributed by atoms with Gasteiger partial charge in [0.1, 0.15) is 5.69 Å². The fourth-order valence-electron chi connectivity index (χ4n) is 1.01. The molecule has 0 bridgehead atoms. The van der Waals surface area contributed by atoms with E-state index in [4.69, 9.17) is 5.73 Å². The van der Waals surface area contributed by atoms with Gasteiger partial charge in [-0.1, -0.05) is 0 Å². The summed E-state index contributed by atoms with van der Waals surface area (Å²) in [5, 5.41) is 0. The molecule has 1 amide bonds. The monoisotopic (exact) mass is 312 g/mol. The topological polar surface area (TPSA) is 56.0 Å². The van der Waals surface area contributed by atoms with E-state index in [0.717, 1.165) is 6.20 Å². The van der Waals surface area contributed by atoms with Crippen LogP contribution in [0, 0.1) is 10.5 Å². The molecule has 6 heteroatoms. The van der Waals surface area contributed by atoms with Crippen LogP contribution in [0.2, 0.25) is 0 Å². The number of nitrogens with two attached hydrogens (primary N) is 1. The number of primary amides is 1. The molecule has 1 heterocycles. The molecule has 0 aromatic carbocycles. The zero-order chi connectivity index (χ0) is 10.9. The SMILES string of the molecule is Cc1c(C(N)=O)ncc(C(F)F)c1I. The summed E-state index contributed by atoms with van der Waals surface area (Å²) in [6.07, 6.45) is -1.60. The van der Waals surface area contributed by atoms with E-state index in [1.165, 1.54) is 0 Å². The zero-order valence-corrected chi connectivity index (χ0v) is 9.38. The second-order valence-electron chi connectivity index (χ2n) is 2.67. The fourth-order valence-corrected chi connectivity index (χ4v) is 1.64. The number of alkyl halides is 2. The first-order valence-electron chi connectivity index (χ1n) is 3.68. The van der Waals surface area contributed by atoms with E-state index in [1.807, 2.05) is 0 Å². The highest BCUT2D eigenvalue weighted by atomic mass is 127. The standard InChI is InChI=1S/C8H7F2IN2O/c1-3-5(11)4(7(9)10)2-13-6(3)8(12)14/h2,7H,1H3,(H2,12,14). The molecule has 2 N–H and O–H groups in total. The number of carbonyl (C=O) groups is 1. The third-order valence-electron chi connectivity index (χ3n) is 1.74. The van der Waals surface area contributed by atoms with Crippen molar-refractivity contribution < 1.29 is 13.6 Å². The van der Waals surface area contributed by atoms with Crippen molar-refractivity contribution in [1.29, 1.82) is 0 Å². The van der Waals surface area contributed by atoms with E-state index in [-0.39, 0.29) is 11.3 Å². The number of pyridine rings is 1. The van der Waals surface area contributed by atoms with Gasteiger partial charge in [-0.2, -0.15) is 0 Å². The Balaban J connectivity index is 3.33. The van der Waals surface area contributed by atoms with E-state index in [0.29, 0.717) is 9.13 Å². The van der Waals surface area contributed by atoms with Crippen LogP contribution in [0.15, 0.2) is 6.20 Å². The Labute approximate surface area is 92.8 Å². The van der Waals surface area contributed by atoms with E-state index in [1.54, 1.807) is 29.5 Å². The molecule has 0 atom stereocenters. The van der Waals surface area contributed by atoms with E-state index in [2.05, 4.69) is 4.98 Å². The molecule has 0 spiro atoms. The highest BCUT2D eigenvalue weighted by Crippen LogP contribution is 2.26. The predicted molar refractivity (Wildman–Crippen MR) is 55.2 cm³/mol. The molecule has 3 nitrogen and oxygen atoms in total. The number of carbonyl (C=O) groups excluding carboxylic acids is 1. The summed E-state index contributed by atoms with van der Waals surface area (Å²) in [5.74, 6) is -0.707. The first-order chi connectivity index (χ1) is 6.45. The first kappa shape index (κ1) is 11.3. The zero-order valence-electron chi connectivity index (χ0n) is 7.22. The minimum atomic E-state index is -2.59. The first-order valence-corrected chi connectivity index (χ1v) is 4.76. The Morgan fingerprint density at radius 3 is 2.64 bits per heavy atom. The van der Waals surface area contributed by atoms with Crippen molar-refractivity contribution in [3.8, 4) is 0 Å². The molecule has 0 aliphatic carbocycles. The Hall–Kier alpha value is -0.790. The molecular formula is C8H7F2IN2O. The van der Waals surface area contributed by atoms with Crippen LogP contribution in [-0.2, 0) is 0 Å². The Morgan fingerprint density at radius 1 is 1.64 bits per heavy atom. The second kappa shape index (κ2) is 4.16. The van der Waals surface area contributed by atoms with Gasteiger partial charge in [0.15, 0.2) is 0 Å². The van der Waals surface area contributed by atoms with Crippen molar-refractivity contribution in [1.82, 2.24) is 4.98 Å².